The normalized spacial score (nSPS) is 18.8. The molecule has 2 atom stereocenters. The van der Waals surface area contributed by atoms with E-state index in [9.17, 15) is 19.2 Å². The molecule has 1 fully saturated rings. The van der Waals surface area contributed by atoms with Crippen molar-refractivity contribution in [1.82, 2.24) is 35.7 Å². The number of likely N-dealkylation sites (tertiary alicyclic amines) is 1. The highest BCUT2D eigenvalue weighted by atomic mass is 16.5. The first-order valence-electron chi connectivity index (χ1n) is 17.5. The van der Waals surface area contributed by atoms with Gasteiger partial charge in [-0.15, -0.1) is 0 Å². The number of carbonyl (C=O) groups excluding carboxylic acids is 4. The summed E-state index contributed by atoms with van der Waals surface area (Å²) in [6, 6.07) is 13.4. The minimum absolute atomic E-state index is 0.0415. The van der Waals surface area contributed by atoms with E-state index in [1.165, 1.54) is 12.0 Å². The molecule has 2 aliphatic heterocycles. The Labute approximate surface area is 301 Å². The van der Waals surface area contributed by atoms with Gasteiger partial charge in [-0.1, -0.05) is 34.1 Å². The van der Waals surface area contributed by atoms with Crippen LogP contribution < -0.4 is 20.1 Å². The Balaban J connectivity index is 1.18. The van der Waals surface area contributed by atoms with Gasteiger partial charge in [-0.25, -0.2) is 0 Å². The molecule has 15 nitrogen and oxygen atoms in total. The van der Waals surface area contributed by atoms with Crippen molar-refractivity contribution in [3.63, 3.8) is 0 Å². The fourth-order valence-electron chi connectivity index (χ4n) is 6.39. The number of hydrogen-bond acceptors (Lipinski definition) is 11. The van der Waals surface area contributed by atoms with Gasteiger partial charge in [-0.3, -0.25) is 19.2 Å². The van der Waals surface area contributed by atoms with Gasteiger partial charge in [0, 0.05) is 62.6 Å². The fraction of sp³-hybridized carbons (Fsp3) is 0.432. The summed E-state index contributed by atoms with van der Waals surface area (Å²) >= 11 is 0. The van der Waals surface area contributed by atoms with E-state index < -0.39 is 12.1 Å². The summed E-state index contributed by atoms with van der Waals surface area (Å²) in [6.45, 7) is 5.32. The third kappa shape index (κ3) is 8.76. The smallest absolute Gasteiger partial charge is 0.276 e. The second-order valence-corrected chi connectivity index (χ2v) is 13.0. The molecule has 2 aliphatic rings. The summed E-state index contributed by atoms with van der Waals surface area (Å²) in [7, 11) is 1.50. The number of carbonyl (C=O) groups is 4. The number of aromatic nitrogens is 3. The number of nitrogens with zero attached hydrogens (tertiary/aromatic N) is 5. The van der Waals surface area contributed by atoms with Gasteiger partial charge >= 0.3 is 0 Å². The summed E-state index contributed by atoms with van der Waals surface area (Å²) in [5, 5.41) is 13.9. The molecule has 15 heteroatoms. The van der Waals surface area contributed by atoms with Crippen molar-refractivity contribution in [2.24, 2.45) is 0 Å². The molecule has 4 heterocycles. The number of fused-ring (bicyclic) bond motifs is 4. The van der Waals surface area contributed by atoms with Crippen molar-refractivity contribution in [2.45, 2.75) is 64.5 Å². The summed E-state index contributed by atoms with van der Waals surface area (Å²) in [5.41, 5.74) is 2.44. The van der Waals surface area contributed by atoms with Crippen molar-refractivity contribution in [3.05, 3.63) is 77.0 Å². The summed E-state index contributed by atoms with van der Waals surface area (Å²) in [4.78, 5) is 61.4. The average molecular weight is 714 g/mol. The Morgan fingerprint density at radius 2 is 1.77 bits per heavy atom. The first-order valence-corrected chi connectivity index (χ1v) is 17.5. The van der Waals surface area contributed by atoms with Crippen molar-refractivity contribution in [3.8, 4) is 22.9 Å². The van der Waals surface area contributed by atoms with Crippen LogP contribution in [0.4, 0.5) is 0 Å². The molecule has 4 amide bonds. The maximum atomic E-state index is 13.7. The van der Waals surface area contributed by atoms with Gasteiger partial charge < -0.3 is 39.0 Å². The molecule has 0 aliphatic carbocycles. The zero-order valence-electron chi connectivity index (χ0n) is 29.6. The minimum Gasteiger partial charge on any atom is -0.493 e. The molecule has 0 saturated carbocycles. The number of rotatable bonds is 6. The van der Waals surface area contributed by atoms with E-state index in [1.54, 1.807) is 36.1 Å². The van der Waals surface area contributed by atoms with E-state index >= 15 is 0 Å². The van der Waals surface area contributed by atoms with Crippen molar-refractivity contribution < 1.29 is 37.7 Å². The molecule has 0 spiro atoms. The highest BCUT2D eigenvalue weighted by Gasteiger charge is 2.41. The van der Waals surface area contributed by atoms with E-state index in [0.717, 1.165) is 11.1 Å². The van der Waals surface area contributed by atoms with Gasteiger partial charge in [0.15, 0.2) is 17.2 Å². The zero-order chi connectivity index (χ0) is 36.6. The topological polar surface area (TPSA) is 182 Å². The molecule has 2 aromatic heterocycles. The molecule has 274 valence electrons. The van der Waals surface area contributed by atoms with E-state index in [0.29, 0.717) is 80.0 Å². The average Bonchev–Trinajstić information content (AvgIpc) is 3.91. The lowest BCUT2D eigenvalue weighted by Gasteiger charge is -2.24. The van der Waals surface area contributed by atoms with Gasteiger partial charge in [0.25, 0.3) is 11.8 Å². The quantitative estimate of drug-likeness (QED) is 0.298. The summed E-state index contributed by atoms with van der Waals surface area (Å²) in [5.74, 6) is 0.861. The lowest BCUT2D eigenvalue weighted by molar-refractivity contribution is -0.138. The molecule has 2 N–H and O–H groups in total. The van der Waals surface area contributed by atoms with Gasteiger partial charge in [0.05, 0.1) is 13.7 Å². The van der Waals surface area contributed by atoms with Crippen LogP contribution in [-0.4, -0.2) is 101 Å². The van der Waals surface area contributed by atoms with Crippen LogP contribution in [0, 0.1) is 13.8 Å². The second-order valence-electron chi connectivity index (χ2n) is 13.0. The standard InChI is InChI=1S/C37H43N7O8/c1-23-8-6-9-25(18-23)34-40-32(52-42-34)12-13-33(45)44-22-27-21-29(44)36(47)39-14-4-5-16-43(37(48)28-19-24(2)51-41-28)17-7-15-38-35(46)26-10-11-30(49-3)31(20-26)50-27/h6,8-11,18-20,27,29H,4-5,7,12-17,21-22H2,1-3H3,(H,38,46)(H,39,47)/t27-,29-/m0/s1. The van der Waals surface area contributed by atoms with Gasteiger partial charge in [0.1, 0.15) is 17.9 Å². The molecule has 6 rings (SSSR count). The van der Waals surface area contributed by atoms with Crippen LogP contribution in [0.15, 0.2) is 57.6 Å². The van der Waals surface area contributed by atoms with Crippen LogP contribution >= 0.6 is 0 Å². The van der Waals surface area contributed by atoms with Crippen LogP contribution in [0.5, 0.6) is 11.5 Å². The van der Waals surface area contributed by atoms with Crippen molar-refractivity contribution >= 4 is 23.6 Å². The predicted octanol–water partition coefficient (Wildman–Crippen LogP) is 3.50. The molecule has 52 heavy (non-hydrogen) atoms. The predicted molar refractivity (Wildman–Crippen MR) is 187 cm³/mol. The van der Waals surface area contributed by atoms with E-state index in [4.69, 9.17) is 18.5 Å². The van der Waals surface area contributed by atoms with Crippen LogP contribution in [-0.2, 0) is 16.0 Å². The van der Waals surface area contributed by atoms with Gasteiger partial charge in [-0.05, 0) is 57.4 Å². The first-order chi connectivity index (χ1) is 25.2. The largest absolute Gasteiger partial charge is 0.493 e. The first kappa shape index (κ1) is 36.1. The Bertz CT molecular complexity index is 1910. The van der Waals surface area contributed by atoms with Gasteiger partial charge in [0.2, 0.25) is 23.5 Å². The molecule has 1 saturated heterocycles. The number of hydrogen-bond donors (Lipinski definition) is 2. The van der Waals surface area contributed by atoms with E-state index in [1.807, 2.05) is 31.2 Å². The van der Waals surface area contributed by atoms with Gasteiger partial charge in [-0.2, -0.15) is 4.98 Å². The Morgan fingerprint density at radius 1 is 0.942 bits per heavy atom. The monoisotopic (exact) mass is 713 g/mol. The number of aryl methyl sites for hydroxylation is 3. The molecule has 0 radical (unpaired) electrons. The third-order valence-corrected chi connectivity index (χ3v) is 9.08. The highest BCUT2D eigenvalue weighted by Crippen LogP contribution is 2.32. The van der Waals surface area contributed by atoms with Crippen LogP contribution in [0.1, 0.15) is 70.2 Å². The molecule has 2 aromatic carbocycles. The van der Waals surface area contributed by atoms with E-state index in [-0.39, 0.29) is 55.1 Å². The fourth-order valence-corrected chi connectivity index (χ4v) is 6.39. The summed E-state index contributed by atoms with van der Waals surface area (Å²) in [6.07, 6.45) is 1.63. The molecular formula is C37H43N7O8. The van der Waals surface area contributed by atoms with Crippen LogP contribution in [0.25, 0.3) is 11.4 Å². The second kappa shape index (κ2) is 16.5. The lowest BCUT2D eigenvalue weighted by atomic mass is 10.1. The number of nitrogens with one attached hydrogen (secondary N) is 2. The Hall–Kier alpha value is -5.73. The molecule has 0 unspecified atom stereocenters. The maximum Gasteiger partial charge on any atom is 0.276 e. The highest BCUT2D eigenvalue weighted by molar-refractivity contribution is 5.95. The number of methoxy groups -OCH3 is 1. The van der Waals surface area contributed by atoms with Crippen molar-refractivity contribution in [2.75, 3.05) is 39.8 Å². The summed E-state index contributed by atoms with van der Waals surface area (Å²) < 4.78 is 22.4. The SMILES string of the molecule is COc1ccc2cc1O[C@H]1C[C@@H](C(=O)NCCCCN(C(=O)c3cc(C)on3)CCCNC2=O)N(C(=O)CCc2nc(-c3cccc(C)c3)no2)C1. The maximum absolute atomic E-state index is 13.7. The minimum atomic E-state index is -0.795. The van der Waals surface area contributed by atoms with Crippen LogP contribution in [0.3, 0.4) is 0 Å². The number of amides is 4. The Morgan fingerprint density at radius 3 is 2.56 bits per heavy atom. The molecular weight excluding hydrogens is 670 g/mol. The molecule has 4 bridgehead atoms. The van der Waals surface area contributed by atoms with E-state index in [2.05, 4.69) is 25.9 Å². The van der Waals surface area contributed by atoms with Crippen molar-refractivity contribution in [1.29, 1.82) is 0 Å². The number of benzene rings is 2. The third-order valence-electron chi connectivity index (χ3n) is 9.08. The number of ether oxygens (including phenoxy) is 2. The Kier molecular flexibility index (Phi) is 11.5. The lowest BCUT2D eigenvalue weighted by Crippen LogP contribution is -2.46. The zero-order valence-corrected chi connectivity index (χ0v) is 29.6. The van der Waals surface area contributed by atoms with Crippen LogP contribution in [0.2, 0.25) is 0 Å². The molecule has 4 aromatic rings.